The van der Waals surface area contributed by atoms with Crippen LogP contribution in [0.25, 0.3) is 11.1 Å². The second-order valence-electron chi connectivity index (χ2n) is 5.86. The van der Waals surface area contributed by atoms with E-state index in [1.807, 2.05) is 0 Å². The lowest BCUT2D eigenvalue weighted by atomic mass is 10.0. The molecule has 0 aromatic heterocycles. The van der Waals surface area contributed by atoms with Crippen LogP contribution in [0.1, 0.15) is 6.42 Å². The van der Waals surface area contributed by atoms with Crippen LogP contribution in [0.4, 0.5) is 14.5 Å². The number of carbonyl (C=O) groups excluding carboxylic acids is 1. The van der Waals surface area contributed by atoms with E-state index in [9.17, 15) is 13.6 Å². The van der Waals surface area contributed by atoms with Gasteiger partial charge in [0, 0.05) is 29.1 Å². The second-order valence-corrected chi connectivity index (χ2v) is 6.27. The van der Waals surface area contributed by atoms with Gasteiger partial charge in [-0.05, 0) is 19.2 Å². The van der Waals surface area contributed by atoms with Crippen LogP contribution in [-0.2, 0) is 4.79 Å². The Hall–Kier alpha value is -2.02. The van der Waals surface area contributed by atoms with E-state index >= 15 is 0 Å². The largest absolute Gasteiger partial charge is 0.322 e. The van der Waals surface area contributed by atoms with Crippen LogP contribution in [0.3, 0.4) is 0 Å². The summed E-state index contributed by atoms with van der Waals surface area (Å²) in [5, 5.41) is 4.49. The predicted octanol–water partition coefficient (Wildman–Crippen LogP) is 3.63. The minimum atomic E-state index is -1.09. The first-order valence-electron chi connectivity index (χ1n) is 7.93. The molecule has 1 aliphatic heterocycles. The van der Waals surface area contributed by atoms with Crippen LogP contribution in [0.5, 0.6) is 0 Å². The summed E-state index contributed by atoms with van der Waals surface area (Å²) in [6.45, 7) is 0.122. The number of benzene rings is 2. The summed E-state index contributed by atoms with van der Waals surface area (Å²) >= 11 is 6.14. The first-order chi connectivity index (χ1) is 12.0. The highest BCUT2D eigenvalue weighted by atomic mass is 35.5. The van der Waals surface area contributed by atoms with Crippen molar-refractivity contribution in [1.82, 2.24) is 10.4 Å². The fourth-order valence-corrected chi connectivity index (χ4v) is 3.25. The zero-order chi connectivity index (χ0) is 18.0. The molecule has 0 radical (unpaired) electrons. The highest BCUT2D eigenvalue weighted by Gasteiger charge is 2.36. The number of nitrogens with zero attached hydrogens (tertiary/aromatic N) is 1. The number of halogens is 3. The fourth-order valence-electron chi connectivity index (χ4n) is 3.01. The molecule has 132 valence electrons. The Kier molecular flexibility index (Phi) is 5.32. The number of rotatable bonds is 4. The van der Waals surface area contributed by atoms with E-state index in [1.54, 1.807) is 43.4 Å². The molecule has 2 N–H and O–H groups in total. The summed E-state index contributed by atoms with van der Waals surface area (Å²) in [6.07, 6.45) is -1.03. The molecule has 25 heavy (non-hydrogen) atoms. The smallest absolute Gasteiger partial charge is 0.243 e. The van der Waals surface area contributed by atoms with E-state index < -0.39 is 23.9 Å². The molecule has 2 aromatic rings. The molecule has 1 aliphatic rings. The molecule has 1 amide bonds. The molecule has 0 unspecified atom stereocenters. The van der Waals surface area contributed by atoms with E-state index in [1.165, 1.54) is 11.1 Å². The van der Waals surface area contributed by atoms with Gasteiger partial charge in [0.2, 0.25) is 5.91 Å². The third-order valence-corrected chi connectivity index (χ3v) is 4.59. The van der Waals surface area contributed by atoms with Crippen LogP contribution < -0.4 is 10.7 Å². The Morgan fingerprint density at radius 2 is 1.92 bits per heavy atom. The maximum Gasteiger partial charge on any atom is 0.243 e. The van der Waals surface area contributed by atoms with Gasteiger partial charge in [-0.25, -0.2) is 13.8 Å². The van der Waals surface area contributed by atoms with Gasteiger partial charge in [-0.3, -0.25) is 10.2 Å². The Labute approximate surface area is 149 Å². The van der Waals surface area contributed by atoms with Crippen molar-refractivity contribution in [2.24, 2.45) is 0 Å². The third kappa shape index (κ3) is 3.66. The van der Waals surface area contributed by atoms with Gasteiger partial charge in [0.1, 0.15) is 12.2 Å². The van der Waals surface area contributed by atoms with E-state index in [4.69, 9.17) is 11.6 Å². The number of hydrogen-bond acceptors (Lipinski definition) is 3. The van der Waals surface area contributed by atoms with Gasteiger partial charge in [0.05, 0.1) is 5.69 Å². The van der Waals surface area contributed by atoms with Crippen LogP contribution >= 0.6 is 11.6 Å². The summed E-state index contributed by atoms with van der Waals surface area (Å²) in [5.74, 6) is -1.03. The average molecular weight is 366 g/mol. The molecule has 1 heterocycles. The van der Waals surface area contributed by atoms with Gasteiger partial charge in [-0.2, -0.15) is 0 Å². The summed E-state index contributed by atoms with van der Waals surface area (Å²) < 4.78 is 28.4. The zero-order valence-electron chi connectivity index (χ0n) is 13.6. The van der Waals surface area contributed by atoms with Crippen LogP contribution in [0, 0.1) is 5.82 Å². The molecule has 0 bridgehead atoms. The van der Waals surface area contributed by atoms with E-state index in [0.29, 0.717) is 16.1 Å². The minimum Gasteiger partial charge on any atom is -0.322 e. The number of hydrazine groups is 1. The Balaban J connectivity index is 1.86. The van der Waals surface area contributed by atoms with Crippen LogP contribution in [-0.4, -0.2) is 36.7 Å². The number of carbonyl (C=O) groups is 1. The van der Waals surface area contributed by atoms with Crippen molar-refractivity contribution in [1.29, 1.82) is 0 Å². The quantitative estimate of drug-likeness (QED) is 0.869. The van der Waals surface area contributed by atoms with Crippen LogP contribution in [0.2, 0.25) is 5.02 Å². The molecule has 3 rings (SSSR count). The predicted molar refractivity (Wildman–Crippen MR) is 94.5 cm³/mol. The first-order valence-corrected chi connectivity index (χ1v) is 8.31. The normalized spacial score (nSPS) is 20.6. The van der Waals surface area contributed by atoms with Gasteiger partial charge in [-0.1, -0.05) is 41.9 Å². The molecular weight excluding hydrogens is 348 g/mol. The van der Waals surface area contributed by atoms with Crippen molar-refractivity contribution in [3.8, 4) is 11.1 Å². The van der Waals surface area contributed by atoms with Gasteiger partial charge >= 0.3 is 0 Å². The Morgan fingerprint density at radius 3 is 2.64 bits per heavy atom. The van der Waals surface area contributed by atoms with E-state index in [0.717, 1.165) is 0 Å². The topological polar surface area (TPSA) is 44.4 Å². The number of amides is 1. The Bertz CT molecular complexity index is 787. The highest BCUT2D eigenvalue weighted by molar-refractivity contribution is 6.33. The van der Waals surface area contributed by atoms with Crippen molar-refractivity contribution in [2.45, 2.75) is 18.6 Å². The number of nitrogens with one attached hydrogen (secondary N) is 2. The van der Waals surface area contributed by atoms with Crippen molar-refractivity contribution < 1.29 is 13.6 Å². The SMILES string of the molecule is CNN1C[C@H](F)C[C@H]1C(=O)Nc1cccc(-c2ccccc2Cl)c1F. The maximum absolute atomic E-state index is 14.9. The van der Waals surface area contributed by atoms with Crippen molar-refractivity contribution >= 4 is 23.2 Å². The summed E-state index contributed by atoms with van der Waals surface area (Å²) in [6, 6.07) is 10.9. The highest BCUT2D eigenvalue weighted by Crippen LogP contribution is 2.33. The monoisotopic (exact) mass is 365 g/mol. The van der Waals surface area contributed by atoms with Crippen molar-refractivity contribution in [3.63, 3.8) is 0 Å². The first kappa shape index (κ1) is 17.8. The molecule has 2 aromatic carbocycles. The number of alkyl halides is 1. The van der Waals surface area contributed by atoms with Gasteiger partial charge in [0.15, 0.2) is 5.82 Å². The lowest BCUT2D eigenvalue weighted by Gasteiger charge is -2.22. The molecule has 0 spiro atoms. The van der Waals surface area contributed by atoms with Gasteiger partial charge in [-0.15, -0.1) is 0 Å². The standard InChI is InChI=1S/C18H18ClF2N3O/c1-22-24-10-11(20)9-16(24)18(25)23-15-8-4-6-13(17(15)21)12-5-2-3-7-14(12)19/h2-8,11,16,22H,9-10H2,1H3,(H,23,25)/t11-,16+/m1/s1. The summed E-state index contributed by atoms with van der Waals surface area (Å²) in [5.41, 5.74) is 3.67. The molecule has 2 atom stereocenters. The molecule has 1 fully saturated rings. The fraction of sp³-hybridized carbons (Fsp3) is 0.278. The van der Waals surface area contributed by atoms with E-state index in [2.05, 4.69) is 10.7 Å². The number of anilines is 1. The second kappa shape index (κ2) is 7.47. The lowest BCUT2D eigenvalue weighted by molar-refractivity contribution is -0.121. The van der Waals surface area contributed by atoms with E-state index in [-0.39, 0.29) is 18.7 Å². The molecule has 4 nitrogen and oxygen atoms in total. The lowest BCUT2D eigenvalue weighted by Crippen LogP contribution is -2.45. The molecule has 1 saturated heterocycles. The van der Waals surface area contributed by atoms with Crippen molar-refractivity contribution in [2.75, 3.05) is 18.9 Å². The Morgan fingerprint density at radius 1 is 1.20 bits per heavy atom. The zero-order valence-corrected chi connectivity index (χ0v) is 14.4. The molecule has 7 heteroatoms. The van der Waals surface area contributed by atoms with Gasteiger partial charge in [0.25, 0.3) is 0 Å². The minimum absolute atomic E-state index is 0.0424. The number of hydrogen-bond donors (Lipinski definition) is 2. The third-order valence-electron chi connectivity index (χ3n) is 4.26. The van der Waals surface area contributed by atoms with Crippen LogP contribution in [0.15, 0.2) is 42.5 Å². The molecule has 0 aliphatic carbocycles. The van der Waals surface area contributed by atoms with Crippen molar-refractivity contribution in [3.05, 3.63) is 53.3 Å². The molecular formula is C18H18ClF2N3O. The average Bonchev–Trinajstić information content (AvgIpc) is 2.98. The maximum atomic E-state index is 14.9. The summed E-state index contributed by atoms with van der Waals surface area (Å²) in [4.78, 5) is 12.4. The van der Waals surface area contributed by atoms with Gasteiger partial charge < -0.3 is 5.32 Å². The molecule has 0 saturated carbocycles. The summed E-state index contributed by atoms with van der Waals surface area (Å²) in [7, 11) is 1.62.